The first-order valence-electron chi connectivity index (χ1n) is 7.03. The zero-order valence-electron chi connectivity index (χ0n) is 12.3. The van der Waals surface area contributed by atoms with Crippen LogP contribution in [-0.4, -0.2) is 25.0 Å². The van der Waals surface area contributed by atoms with E-state index in [0.717, 1.165) is 6.42 Å². The third kappa shape index (κ3) is 4.66. The van der Waals surface area contributed by atoms with Gasteiger partial charge in [-0.1, -0.05) is 6.92 Å². The van der Waals surface area contributed by atoms with Crippen LogP contribution in [-0.2, 0) is 4.79 Å². The van der Waals surface area contributed by atoms with Crippen molar-refractivity contribution in [3.05, 3.63) is 48.4 Å². The van der Waals surface area contributed by atoms with Gasteiger partial charge in [-0.2, -0.15) is 0 Å². The van der Waals surface area contributed by atoms with Crippen molar-refractivity contribution in [1.82, 2.24) is 5.32 Å². The third-order valence-corrected chi connectivity index (χ3v) is 2.80. The Kier molecular flexibility index (Phi) is 5.59. The average Bonchev–Trinajstić information content (AvgIpc) is 3.07. The second kappa shape index (κ2) is 7.87. The quantitative estimate of drug-likeness (QED) is 0.823. The van der Waals surface area contributed by atoms with Crippen molar-refractivity contribution in [3.8, 4) is 5.75 Å². The highest BCUT2D eigenvalue weighted by Gasteiger charge is 2.08. The molecule has 0 fully saturated rings. The summed E-state index contributed by atoms with van der Waals surface area (Å²) in [6.45, 7) is 2.59. The molecule has 0 spiro atoms. The lowest BCUT2D eigenvalue weighted by atomic mass is 10.3. The van der Waals surface area contributed by atoms with Crippen LogP contribution in [0.15, 0.2) is 47.1 Å². The highest BCUT2D eigenvalue weighted by Crippen LogP contribution is 2.16. The number of carbonyl (C=O) groups is 2. The van der Waals surface area contributed by atoms with E-state index in [0.29, 0.717) is 18.0 Å². The summed E-state index contributed by atoms with van der Waals surface area (Å²) in [5, 5.41) is 5.42. The Morgan fingerprint density at radius 2 is 1.95 bits per heavy atom. The minimum absolute atomic E-state index is 0.0297. The fourth-order valence-electron chi connectivity index (χ4n) is 1.70. The molecule has 2 N–H and O–H groups in total. The van der Waals surface area contributed by atoms with Gasteiger partial charge in [0, 0.05) is 12.2 Å². The fourth-order valence-corrected chi connectivity index (χ4v) is 1.70. The van der Waals surface area contributed by atoms with Crippen molar-refractivity contribution in [1.29, 1.82) is 0 Å². The van der Waals surface area contributed by atoms with Crippen molar-refractivity contribution in [2.75, 3.05) is 18.5 Å². The van der Waals surface area contributed by atoms with Crippen LogP contribution in [0, 0.1) is 0 Å². The average molecular weight is 302 g/mol. The molecule has 2 aromatic rings. The van der Waals surface area contributed by atoms with E-state index in [1.54, 1.807) is 36.4 Å². The molecule has 0 atom stereocenters. The molecule has 0 saturated carbocycles. The number of anilines is 1. The maximum absolute atomic E-state index is 11.8. The second-order valence-electron chi connectivity index (χ2n) is 4.59. The number of hydrogen-bond acceptors (Lipinski definition) is 4. The lowest BCUT2D eigenvalue weighted by molar-refractivity contribution is -0.123. The van der Waals surface area contributed by atoms with E-state index in [4.69, 9.17) is 9.15 Å². The summed E-state index contributed by atoms with van der Waals surface area (Å²) in [5.41, 5.74) is 0.615. The first-order chi connectivity index (χ1) is 10.7. The van der Waals surface area contributed by atoms with Crippen molar-refractivity contribution >= 4 is 17.5 Å². The summed E-state index contributed by atoms with van der Waals surface area (Å²) < 4.78 is 10.4. The van der Waals surface area contributed by atoms with Gasteiger partial charge in [0.05, 0.1) is 6.26 Å². The monoisotopic (exact) mass is 302 g/mol. The molecule has 0 aliphatic heterocycles. The topological polar surface area (TPSA) is 80.6 Å². The highest BCUT2D eigenvalue weighted by atomic mass is 16.5. The van der Waals surface area contributed by atoms with E-state index in [1.165, 1.54) is 6.26 Å². The van der Waals surface area contributed by atoms with Crippen LogP contribution in [0.5, 0.6) is 5.75 Å². The van der Waals surface area contributed by atoms with Gasteiger partial charge in [-0.3, -0.25) is 9.59 Å². The van der Waals surface area contributed by atoms with Gasteiger partial charge in [-0.05, 0) is 42.8 Å². The molecule has 0 aliphatic rings. The smallest absolute Gasteiger partial charge is 0.291 e. The van der Waals surface area contributed by atoms with Gasteiger partial charge in [0.15, 0.2) is 12.4 Å². The lowest BCUT2D eigenvalue weighted by Gasteiger charge is -2.08. The Bertz CT molecular complexity index is 606. The number of amides is 2. The maximum atomic E-state index is 11.8. The molecular formula is C16H18N2O4. The zero-order chi connectivity index (χ0) is 15.8. The molecule has 22 heavy (non-hydrogen) atoms. The highest BCUT2D eigenvalue weighted by molar-refractivity contribution is 6.02. The number of nitrogens with one attached hydrogen (secondary N) is 2. The Labute approximate surface area is 128 Å². The number of carbonyl (C=O) groups excluding carboxylic acids is 2. The molecule has 6 nitrogen and oxygen atoms in total. The summed E-state index contributed by atoms with van der Waals surface area (Å²) in [6.07, 6.45) is 2.32. The maximum Gasteiger partial charge on any atom is 0.291 e. The molecule has 0 saturated heterocycles. The molecule has 1 heterocycles. The summed E-state index contributed by atoms with van der Waals surface area (Å²) in [5.74, 6) is 0.324. The number of furan rings is 1. The standard InChI is InChI=1S/C16H18N2O4/c1-2-9-17-15(19)11-22-13-7-5-12(6-8-13)18-16(20)14-4-3-10-21-14/h3-8,10H,2,9,11H2,1H3,(H,17,19)(H,18,20). The van der Waals surface area contributed by atoms with Crippen LogP contribution in [0.4, 0.5) is 5.69 Å². The molecule has 2 amide bonds. The predicted octanol–water partition coefficient (Wildman–Crippen LogP) is 2.44. The van der Waals surface area contributed by atoms with Crippen molar-refractivity contribution < 1.29 is 18.7 Å². The molecule has 0 radical (unpaired) electrons. The van der Waals surface area contributed by atoms with E-state index in [-0.39, 0.29) is 24.2 Å². The van der Waals surface area contributed by atoms with Gasteiger partial charge < -0.3 is 19.8 Å². The van der Waals surface area contributed by atoms with E-state index in [1.807, 2.05) is 6.92 Å². The van der Waals surface area contributed by atoms with Gasteiger partial charge in [0.25, 0.3) is 11.8 Å². The van der Waals surface area contributed by atoms with Gasteiger partial charge >= 0.3 is 0 Å². The number of ether oxygens (including phenoxy) is 1. The summed E-state index contributed by atoms with van der Waals surface area (Å²) in [7, 11) is 0. The molecule has 116 valence electrons. The molecular weight excluding hydrogens is 284 g/mol. The summed E-state index contributed by atoms with van der Waals surface area (Å²) >= 11 is 0. The van der Waals surface area contributed by atoms with E-state index in [9.17, 15) is 9.59 Å². The van der Waals surface area contributed by atoms with Crippen LogP contribution in [0.1, 0.15) is 23.9 Å². The van der Waals surface area contributed by atoms with Crippen LogP contribution in [0.3, 0.4) is 0 Å². The molecule has 1 aromatic heterocycles. The normalized spacial score (nSPS) is 10.0. The number of benzene rings is 1. The minimum atomic E-state index is -0.322. The minimum Gasteiger partial charge on any atom is -0.484 e. The Morgan fingerprint density at radius 3 is 2.59 bits per heavy atom. The van der Waals surface area contributed by atoms with E-state index in [2.05, 4.69) is 10.6 Å². The number of hydrogen-bond donors (Lipinski definition) is 2. The Hall–Kier alpha value is -2.76. The van der Waals surface area contributed by atoms with Crippen LogP contribution >= 0.6 is 0 Å². The van der Waals surface area contributed by atoms with Gasteiger partial charge in [-0.25, -0.2) is 0 Å². The first kappa shape index (κ1) is 15.6. The van der Waals surface area contributed by atoms with Gasteiger partial charge in [0.2, 0.25) is 0 Å². The van der Waals surface area contributed by atoms with Crippen molar-refractivity contribution in [2.24, 2.45) is 0 Å². The molecule has 0 aliphatic carbocycles. The third-order valence-electron chi connectivity index (χ3n) is 2.80. The molecule has 2 rings (SSSR count). The SMILES string of the molecule is CCCNC(=O)COc1ccc(NC(=O)c2ccco2)cc1. The summed E-state index contributed by atoms with van der Waals surface area (Å²) in [4.78, 5) is 23.2. The van der Waals surface area contributed by atoms with E-state index < -0.39 is 0 Å². The first-order valence-corrected chi connectivity index (χ1v) is 7.03. The van der Waals surface area contributed by atoms with Gasteiger partial charge in [0.1, 0.15) is 5.75 Å². The van der Waals surface area contributed by atoms with Crippen molar-refractivity contribution in [3.63, 3.8) is 0 Å². The van der Waals surface area contributed by atoms with Crippen LogP contribution in [0.2, 0.25) is 0 Å². The predicted molar refractivity (Wildman–Crippen MR) is 81.9 cm³/mol. The largest absolute Gasteiger partial charge is 0.484 e. The molecule has 6 heteroatoms. The van der Waals surface area contributed by atoms with Gasteiger partial charge in [-0.15, -0.1) is 0 Å². The van der Waals surface area contributed by atoms with Crippen LogP contribution < -0.4 is 15.4 Å². The van der Waals surface area contributed by atoms with Crippen LogP contribution in [0.25, 0.3) is 0 Å². The fraction of sp³-hybridized carbons (Fsp3) is 0.250. The number of rotatable bonds is 7. The van der Waals surface area contributed by atoms with Crippen molar-refractivity contribution in [2.45, 2.75) is 13.3 Å². The second-order valence-corrected chi connectivity index (χ2v) is 4.59. The molecule has 0 unspecified atom stereocenters. The Balaban J connectivity index is 1.82. The molecule has 0 bridgehead atoms. The van der Waals surface area contributed by atoms with E-state index >= 15 is 0 Å². The molecule has 1 aromatic carbocycles. The zero-order valence-corrected chi connectivity index (χ0v) is 12.3. The lowest BCUT2D eigenvalue weighted by Crippen LogP contribution is -2.29. The Morgan fingerprint density at radius 1 is 1.18 bits per heavy atom. The summed E-state index contributed by atoms with van der Waals surface area (Å²) in [6, 6.07) is 9.99.